The lowest BCUT2D eigenvalue weighted by molar-refractivity contribution is -0.122. The number of rotatable bonds is 8. The summed E-state index contributed by atoms with van der Waals surface area (Å²) in [5.74, 6) is -0.954. The van der Waals surface area contributed by atoms with Gasteiger partial charge in [0.05, 0.1) is 34.3 Å². The monoisotopic (exact) mass is 562 g/mol. The van der Waals surface area contributed by atoms with Crippen molar-refractivity contribution in [2.75, 3.05) is 0 Å². The summed E-state index contributed by atoms with van der Waals surface area (Å²) >= 11 is 12.5. The topological polar surface area (TPSA) is 68.6 Å². The first-order chi connectivity index (χ1) is 19.6. The summed E-state index contributed by atoms with van der Waals surface area (Å²) < 4.78 is 0. The van der Waals surface area contributed by atoms with E-state index >= 15 is 0 Å². The largest absolute Gasteiger partial charge is 0.298 e. The third-order valence-electron chi connectivity index (χ3n) is 7.21. The van der Waals surface area contributed by atoms with Crippen molar-refractivity contribution < 1.29 is 4.79 Å². The zero-order valence-electron chi connectivity index (χ0n) is 21.4. The maximum atomic E-state index is 14.7. The second-order valence-electron chi connectivity index (χ2n) is 9.69. The number of nitrogens with zero attached hydrogens (tertiary/aromatic N) is 4. The molecule has 0 N–H and O–H groups in total. The Bertz CT molecular complexity index is 1680. The number of benzene rings is 2. The van der Waals surface area contributed by atoms with Crippen molar-refractivity contribution in [1.82, 2.24) is 19.9 Å². The summed E-state index contributed by atoms with van der Waals surface area (Å²) in [7, 11) is 0. The molecule has 2 atom stereocenters. The van der Waals surface area contributed by atoms with E-state index in [1.807, 2.05) is 84.9 Å². The predicted octanol–water partition coefficient (Wildman–Crippen LogP) is 7.80. The van der Waals surface area contributed by atoms with E-state index in [4.69, 9.17) is 23.2 Å². The molecule has 6 rings (SSSR count). The lowest BCUT2D eigenvalue weighted by Crippen LogP contribution is -2.26. The van der Waals surface area contributed by atoms with Crippen LogP contribution >= 0.6 is 23.2 Å². The van der Waals surface area contributed by atoms with E-state index in [1.54, 1.807) is 24.8 Å². The molecule has 2 aromatic carbocycles. The maximum Gasteiger partial charge on any atom is 0.151 e. The van der Waals surface area contributed by atoms with E-state index in [0.717, 1.165) is 44.3 Å². The van der Waals surface area contributed by atoms with Crippen molar-refractivity contribution in [2.45, 2.75) is 24.7 Å². The first-order valence-corrected chi connectivity index (χ1v) is 13.7. The zero-order chi connectivity index (χ0) is 27.5. The number of fused-ring (bicyclic) bond motifs is 2. The number of pyridine rings is 4. The Balaban J connectivity index is 1.44. The molecule has 0 saturated heterocycles. The van der Waals surface area contributed by atoms with Gasteiger partial charge >= 0.3 is 0 Å². The van der Waals surface area contributed by atoms with Crippen LogP contribution in [0.2, 0.25) is 10.0 Å². The molecule has 0 aliphatic rings. The van der Waals surface area contributed by atoms with Gasteiger partial charge in [-0.05, 0) is 84.6 Å². The molecule has 196 valence electrons. The van der Waals surface area contributed by atoms with Crippen LogP contribution in [0.3, 0.4) is 0 Å². The van der Waals surface area contributed by atoms with Crippen molar-refractivity contribution >= 4 is 50.8 Å². The molecule has 0 radical (unpaired) electrons. The van der Waals surface area contributed by atoms with Crippen LogP contribution in [0.1, 0.15) is 34.4 Å². The third kappa shape index (κ3) is 5.44. The lowest BCUT2D eigenvalue weighted by atomic mass is 9.80. The summed E-state index contributed by atoms with van der Waals surface area (Å²) in [5, 5.41) is 3.17. The van der Waals surface area contributed by atoms with Gasteiger partial charge in [-0.1, -0.05) is 47.5 Å². The van der Waals surface area contributed by atoms with E-state index in [1.165, 1.54) is 0 Å². The number of carbonyl (C=O) groups is 1. The second-order valence-corrected chi connectivity index (χ2v) is 10.6. The molecule has 0 aliphatic carbocycles. The average molecular weight is 563 g/mol. The van der Waals surface area contributed by atoms with Crippen molar-refractivity contribution in [3.05, 3.63) is 142 Å². The first-order valence-electron chi connectivity index (χ1n) is 13.0. The van der Waals surface area contributed by atoms with Gasteiger partial charge in [0.1, 0.15) is 0 Å². The van der Waals surface area contributed by atoms with E-state index in [9.17, 15) is 4.79 Å². The fourth-order valence-electron chi connectivity index (χ4n) is 5.27. The lowest BCUT2D eigenvalue weighted by Gasteiger charge is -2.23. The Morgan fingerprint density at radius 1 is 0.575 bits per heavy atom. The molecule has 40 heavy (non-hydrogen) atoms. The smallest absolute Gasteiger partial charge is 0.151 e. The van der Waals surface area contributed by atoms with E-state index in [-0.39, 0.29) is 5.78 Å². The molecular formula is C33H24Cl2N4O. The summed E-state index contributed by atoms with van der Waals surface area (Å²) in [4.78, 5) is 32.9. The van der Waals surface area contributed by atoms with Crippen LogP contribution in [0.25, 0.3) is 21.8 Å². The standard InChI is InChI=1S/C33H24Cl2N4O/c34-23-7-9-25-21(11-15-38-31(25)19-23)17-27(29-5-1-3-13-36-29)33(40)28(30-6-2-4-14-37-30)18-22-12-16-39-32-20-24(35)8-10-26(22)32/h1-16,19-20,27-28H,17-18H2. The minimum Gasteiger partial charge on any atom is -0.298 e. The number of ketones is 1. The minimum absolute atomic E-state index is 0.0512. The molecule has 2 unspecified atom stereocenters. The molecule has 0 aliphatic heterocycles. The van der Waals surface area contributed by atoms with Crippen molar-refractivity contribution in [1.29, 1.82) is 0 Å². The van der Waals surface area contributed by atoms with Gasteiger partial charge in [-0.2, -0.15) is 0 Å². The van der Waals surface area contributed by atoms with Crippen LogP contribution in [0, 0.1) is 0 Å². The molecule has 0 fully saturated rings. The fraction of sp³-hybridized carbons (Fsp3) is 0.121. The highest BCUT2D eigenvalue weighted by atomic mass is 35.5. The molecule has 4 aromatic heterocycles. The van der Waals surface area contributed by atoms with Gasteiger partial charge in [0.2, 0.25) is 0 Å². The number of carbonyl (C=O) groups excluding carboxylic acids is 1. The van der Waals surface area contributed by atoms with Crippen molar-refractivity contribution in [3.63, 3.8) is 0 Å². The molecule has 0 amide bonds. The molecule has 0 saturated carbocycles. The molecule has 0 spiro atoms. The SMILES string of the molecule is O=C(C(Cc1ccnc2cc(Cl)ccc12)c1ccccn1)C(Cc1ccnc2cc(Cl)ccc12)c1ccccn1. The number of halogens is 2. The number of aromatic nitrogens is 4. The van der Waals surface area contributed by atoms with Gasteiger partial charge in [-0.25, -0.2) is 0 Å². The molecule has 0 bridgehead atoms. The Morgan fingerprint density at radius 3 is 1.48 bits per heavy atom. The number of hydrogen-bond acceptors (Lipinski definition) is 5. The third-order valence-corrected chi connectivity index (χ3v) is 7.68. The normalized spacial score (nSPS) is 12.8. The highest BCUT2D eigenvalue weighted by Gasteiger charge is 2.32. The van der Waals surface area contributed by atoms with Gasteiger partial charge in [-0.3, -0.25) is 24.7 Å². The Kier molecular flexibility index (Phi) is 7.49. The predicted molar refractivity (Wildman–Crippen MR) is 160 cm³/mol. The minimum atomic E-state index is -0.503. The Hall–Kier alpha value is -4.19. The van der Waals surface area contributed by atoms with Gasteiger partial charge in [0, 0.05) is 45.6 Å². The quantitative estimate of drug-likeness (QED) is 0.189. The molecule has 4 heterocycles. The molecular weight excluding hydrogens is 539 g/mol. The van der Waals surface area contributed by atoms with Gasteiger partial charge in [-0.15, -0.1) is 0 Å². The maximum absolute atomic E-state index is 14.7. The van der Waals surface area contributed by atoms with Crippen LogP contribution in [-0.4, -0.2) is 25.7 Å². The highest BCUT2D eigenvalue weighted by molar-refractivity contribution is 6.31. The van der Waals surface area contributed by atoms with Gasteiger partial charge in [0.15, 0.2) is 5.78 Å². The van der Waals surface area contributed by atoms with Crippen molar-refractivity contribution in [2.24, 2.45) is 0 Å². The van der Waals surface area contributed by atoms with Crippen molar-refractivity contribution in [3.8, 4) is 0 Å². The zero-order valence-corrected chi connectivity index (χ0v) is 22.9. The van der Waals surface area contributed by atoms with Crippen LogP contribution < -0.4 is 0 Å². The van der Waals surface area contributed by atoms with Crippen LogP contribution in [0.5, 0.6) is 0 Å². The molecule has 5 nitrogen and oxygen atoms in total. The van der Waals surface area contributed by atoms with E-state index in [0.29, 0.717) is 22.9 Å². The first kappa shape index (κ1) is 26.1. The van der Waals surface area contributed by atoms with E-state index in [2.05, 4.69) is 19.9 Å². The summed E-state index contributed by atoms with van der Waals surface area (Å²) in [6.07, 6.45) is 7.92. The second kappa shape index (κ2) is 11.5. The number of hydrogen-bond donors (Lipinski definition) is 0. The van der Waals surface area contributed by atoms with Crippen LogP contribution in [0.4, 0.5) is 0 Å². The fourth-order valence-corrected chi connectivity index (χ4v) is 5.60. The summed E-state index contributed by atoms with van der Waals surface area (Å²) in [5.41, 5.74) is 5.04. The Labute approximate surface area is 241 Å². The van der Waals surface area contributed by atoms with Crippen LogP contribution in [-0.2, 0) is 17.6 Å². The highest BCUT2D eigenvalue weighted by Crippen LogP contribution is 2.34. The molecule has 7 heteroatoms. The molecule has 6 aromatic rings. The van der Waals surface area contributed by atoms with Crippen LogP contribution in [0.15, 0.2) is 110 Å². The Morgan fingerprint density at radius 2 is 1.05 bits per heavy atom. The average Bonchev–Trinajstić information content (AvgIpc) is 2.99. The van der Waals surface area contributed by atoms with E-state index < -0.39 is 11.8 Å². The summed E-state index contributed by atoms with van der Waals surface area (Å²) in [6.45, 7) is 0. The summed E-state index contributed by atoms with van der Waals surface area (Å²) in [6, 6.07) is 26.6. The van der Waals surface area contributed by atoms with Gasteiger partial charge < -0.3 is 0 Å². The number of Topliss-reactive ketones (excluding diaryl/α,β-unsaturated/α-hetero) is 1. The van der Waals surface area contributed by atoms with Gasteiger partial charge in [0.25, 0.3) is 0 Å².